The van der Waals surface area contributed by atoms with E-state index in [9.17, 15) is 5.11 Å². The summed E-state index contributed by atoms with van der Waals surface area (Å²) in [4.78, 5) is 2.16. The topological polar surface area (TPSA) is 32.7 Å². The Labute approximate surface area is 128 Å². The molecule has 0 saturated carbocycles. The second kappa shape index (κ2) is 7.48. The number of aliphatic hydroxyl groups is 1. The van der Waals surface area contributed by atoms with Crippen LogP contribution in [0.2, 0.25) is 5.02 Å². The Kier molecular flexibility index (Phi) is 6.60. The SMILES string of the molecule is CCN(CCOc1ccc(Cl)cc1Br)CC(C)(C)O. The van der Waals surface area contributed by atoms with Crippen molar-refractivity contribution in [3.05, 3.63) is 27.7 Å². The van der Waals surface area contributed by atoms with Crippen LogP contribution >= 0.6 is 27.5 Å². The van der Waals surface area contributed by atoms with Gasteiger partial charge < -0.3 is 9.84 Å². The van der Waals surface area contributed by atoms with Crippen molar-refractivity contribution in [3.63, 3.8) is 0 Å². The highest BCUT2D eigenvalue weighted by Gasteiger charge is 2.17. The van der Waals surface area contributed by atoms with Crippen molar-refractivity contribution in [3.8, 4) is 5.75 Å². The zero-order valence-electron chi connectivity index (χ0n) is 11.6. The van der Waals surface area contributed by atoms with Crippen LogP contribution in [0.3, 0.4) is 0 Å². The fourth-order valence-corrected chi connectivity index (χ4v) is 2.57. The average Bonchev–Trinajstić information content (AvgIpc) is 2.29. The molecular weight excluding hydrogens is 330 g/mol. The van der Waals surface area contributed by atoms with Crippen molar-refractivity contribution in [2.24, 2.45) is 0 Å². The maximum absolute atomic E-state index is 9.81. The normalized spacial score (nSPS) is 11.9. The third-order valence-corrected chi connectivity index (χ3v) is 3.47. The van der Waals surface area contributed by atoms with E-state index in [2.05, 4.69) is 27.8 Å². The van der Waals surface area contributed by atoms with Crippen LogP contribution in [-0.4, -0.2) is 41.8 Å². The molecule has 0 heterocycles. The first-order chi connectivity index (χ1) is 8.81. The van der Waals surface area contributed by atoms with Gasteiger partial charge in [0.05, 0.1) is 10.1 Å². The number of hydrogen-bond donors (Lipinski definition) is 1. The van der Waals surface area contributed by atoms with Gasteiger partial charge in [-0.1, -0.05) is 18.5 Å². The summed E-state index contributed by atoms with van der Waals surface area (Å²) in [7, 11) is 0. The monoisotopic (exact) mass is 349 g/mol. The van der Waals surface area contributed by atoms with E-state index in [1.165, 1.54) is 0 Å². The molecule has 0 saturated heterocycles. The van der Waals surface area contributed by atoms with Gasteiger partial charge in [-0.25, -0.2) is 0 Å². The van der Waals surface area contributed by atoms with E-state index in [1.807, 2.05) is 26.0 Å². The van der Waals surface area contributed by atoms with Crippen LogP contribution in [0.15, 0.2) is 22.7 Å². The van der Waals surface area contributed by atoms with Gasteiger partial charge in [0, 0.05) is 18.1 Å². The van der Waals surface area contributed by atoms with Crippen molar-refractivity contribution >= 4 is 27.5 Å². The molecule has 1 N–H and O–H groups in total. The minimum atomic E-state index is -0.684. The molecule has 0 aliphatic rings. The molecule has 1 rings (SSSR count). The fraction of sp³-hybridized carbons (Fsp3) is 0.571. The maximum atomic E-state index is 9.81. The summed E-state index contributed by atoms with van der Waals surface area (Å²) in [6.45, 7) is 8.56. The summed E-state index contributed by atoms with van der Waals surface area (Å²) in [6.07, 6.45) is 0. The van der Waals surface area contributed by atoms with Crippen LogP contribution in [0.25, 0.3) is 0 Å². The van der Waals surface area contributed by atoms with Crippen LogP contribution < -0.4 is 4.74 Å². The Hall–Kier alpha value is -0.290. The second-order valence-electron chi connectivity index (χ2n) is 5.10. The molecule has 0 spiro atoms. The van der Waals surface area contributed by atoms with Crippen molar-refractivity contribution in [2.45, 2.75) is 26.4 Å². The molecular formula is C14H21BrClNO2. The van der Waals surface area contributed by atoms with Crippen molar-refractivity contribution < 1.29 is 9.84 Å². The number of nitrogens with zero attached hydrogens (tertiary/aromatic N) is 1. The molecule has 0 aromatic heterocycles. The first-order valence-electron chi connectivity index (χ1n) is 6.34. The van der Waals surface area contributed by atoms with Crippen molar-refractivity contribution in [1.82, 2.24) is 4.90 Å². The third-order valence-electron chi connectivity index (χ3n) is 2.62. The second-order valence-corrected chi connectivity index (χ2v) is 6.40. The summed E-state index contributed by atoms with van der Waals surface area (Å²) < 4.78 is 6.56. The lowest BCUT2D eigenvalue weighted by atomic mass is 10.1. The van der Waals surface area contributed by atoms with Gasteiger partial charge in [0.2, 0.25) is 0 Å². The van der Waals surface area contributed by atoms with Gasteiger partial charge in [-0.3, -0.25) is 4.90 Å². The van der Waals surface area contributed by atoms with Crippen molar-refractivity contribution in [1.29, 1.82) is 0 Å². The molecule has 5 heteroatoms. The Morgan fingerprint density at radius 1 is 1.42 bits per heavy atom. The molecule has 0 aliphatic heterocycles. The van der Waals surface area contributed by atoms with Gasteiger partial charge in [-0.15, -0.1) is 0 Å². The van der Waals surface area contributed by atoms with Crippen LogP contribution in [0.5, 0.6) is 5.75 Å². The number of ether oxygens (including phenoxy) is 1. The lowest BCUT2D eigenvalue weighted by Crippen LogP contribution is -2.40. The highest BCUT2D eigenvalue weighted by Crippen LogP contribution is 2.27. The minimum Gasteiger partial charge on any atom is -0.491 e. The van der Waals surface area contributed by atoms with Crippen LogP contribution in [0.4, 0.5) is 0 Å². The Bertz CT molecular complexity index is 407. The van der Waals surface area contributed by atoms with E-state index in [0.717, 1.165) is 23.3 Å². The molecule has 0 amide bonds. The third kappa shape index (κ3) is 6.61. The van der Waals surface area contributed by atoms with Gasteiger partial charge >= 0.3 is 0 Å². The predicted octanol–water partition coefficient (Wildman–Crippen LogP) is 3.57. The van der Waals surface area contributed by atoms with Crippen LogP contribution in [0, 0.1) is 0 Å². The summed E-state index contributed by atoms with van der Waals surface area (Å²) >= 11 is 9.29. The van der Waals surface area contributed by atoms with E-state index in [4.69, 9.17) is 16.3 Å². The smallest absolute Gasteiger partial charge is 0.133 e. The van der Waals surface area contributed by atoms with Gasteiger partial charge in [0.25, 0.3) is 0 Å². The predicted molar refractivity (Wildman–Crippen MR) is 83.1 cm³/mol. The molecule has 0 bridgehead atoms. The zero-order chi connectivity index (χ0) is 14.5. The molecule has 0 fully saturated rings. The minimum absolute atomic E-state index is 0.574. The average molecular weight is 351 g/mol. The summed E-state index contributed by atoms with van der Waals surface area (Å²) in [5, 5.41) is 10.5. The standard InChI is InChI=1S/C14H21BrClNO2/c1-4-17(10-14(2,3)18)7-8-19-13-6-5-11(16)9-12(13)15/h5-6,9,18H,4,7-8,10H2,1-3H3. The van der Waals surface area contributed by atoms with E-state index < -0.39 is 5.60 Å². The Morgan fingerprint density at radius 3 is 2.63 bits per heavy atom. The maximum Gasteiger partial charge on any atom is 0.133 e. The van der Waals surface area contributed by atoms with Gasteiger partial charge in [-0.2, -0.15) is 0 Å². The molecule has 108 valence electrons. The number of hydrogen-bond acceptors (Lipinski definition) is 3. The van der Waals surface area contributed by atoms with Crippen LogP contribution in [-0.2, 0) is 0 Å². The highest BCUT2D eigenvalue weighted by molar-refractivity contribution is 9.10. The molecule has 0 atom stereocenters. The molecule has 1 aromatic carbocycles. The lowest BCUT2D eigenvalue weighted by molar-refractivity contribution is 0.0339. The van der Waals surface area contributed by atoms with Gasteiger partial charge in [0.1, 0.15) is 12.4 Å². The highest BCUT2D eigenvalue weighted by atomic mass is 79.9. The van der Waals surface area contributed by atoms with Gasteiger partial charge in [-0.05, 0) is 54.5 Å². The molecule has 0 unspecified atom stereocenters. The number of halogens is 2. The van der Waals surface area contributed by atoms with E-state index in [-0.39, 0.29) is 0 Å². The summed E-state index contributed by atoms with van der Waals surface area (Å²) in [5.74, 6) is 0.781. The zero-order valence-corrected chi connectivity index (χ0v) is 14.0. The summed E-state index contributed by atoms with van der Waals surface area (Å²) in [6, 6.07) is 5.46. The Morgan fingerprint density at radius 2 is 2.11 bits per heavy atom. The molecule has 3 nitrogen and oxygen atoms in total. The number of rotatable bonds is 7. The van der Waals surface area contributed by atoms with E-state index in [0.29, 0.717) is 18.2 Å². The first-order valence-corrected chi connectivity index (χ1v) is 7.51. The lowest BCUT2D eigenvalue weighted by Gasteiger charge is -2.27. The van der Waals surface area contributed by atoms with E-state index >= 15 is 0 Å². The Balaban J connectivity index is 2.44. The molecule has 0 aliphatic carbocycles. The number of likely N-dealkylation sites (N-methyl/N-ethyl adjacent to an activating group) is 1. The van der Waals surface area contributed by atoms with Crippen molar-refractivity contribution in [2.75, 3.05) is 26.2 Å². The largest absolute Gasteiger partial charge is 0.491 e. The fourth-order valence-electron chi connectivity index (χ4n) is 1.77. The van der Waals surface area contributed by atoms with Crippen LogP contribution in [0.1, 0.15) is 20.8 Å². The quantitative estimate of drug-likeness (QED) is 0.816. The molecule has 1 aromatic rings. The molecule has 0 radical (unpaired) electrons. The first kappa shape index (κ1) is 16.8. The summed E-state index contributed by atoms with van der Waals surface area (Å²) in [5.41, 5.74) is -0.684. The van der Waals surface area contributed by atoms with Gasteiger partial charge in [0.15, 0.2) is 0 Å². The molecule has 19 heavy (non-hydrogen) atoms. The van der Waals surface area contributed by atoms with E-state index in [1.54, 1.807) is 6.07 Å². The number of benzene rings is 1.